The van der Waals surface area contributed by atoms with E-state index >= 15 is 0 Å². The van der Waals surface area contributed by atoms with Crippen LogP contribution in [0.3, 0.4) is 0 Å². The van der Waals surface area contributed by atoms with Crippen LogP contribution in [0.2, 0.25) is 0 Å². The maximum absolute atomic E-state index is 12.9. The van der Waals surface area contributed by atoms with Gasteiger partial charge in [-0.3, -0.25) is 4.79 Å². The van der Waals surface area contributed by atoms with Crippen molar-refractivity contribution in [2.24, 2.45) is 5.73 Å². The van der Waals surface area contributed by atoms with Gasteiger partial charge in [-0.1, -0.05) is 24.3 Å². The summed E-state index contributed by atoms with van der Waals surface area (Å²) in [6.45, 7) is 1.91. The molecule has 22 heavy (non-hydrogen) atoms. The number of amides is 1. The second kappa shape index (κ2) is 5.09. The van der Waals surface area contributed by atoms with E-state index in [1.807, 2.05) is 0 Å². The summed E-state index contributed by atoms with van der Waals surface area (Å²) in [5.41, 5.74) is 8.59. The van der Waals surface area contributed by atoms with Gasteiger partial charge in [0.25, 0.3) is 0 Å². The van der Waals surface area contributed by atoms with Crippen molar-refractivity contribution in [2.75, 3.05) is 13.1 Å². The van der Waals surface area contributed by atoms with Crippen molar-refractivity contribution >= 4 is 5.91 Å². The Morgan fingerprint density at radius 1 is 1.00 bits per heavy atom. The molecule has 1 aromatic carbocycles. The maximum Gasteiger partial charge on any atom is 0.233 e. The first kappa shape index (κ1) is 14.3. The smallest absolute Gasteiger partial charge is 0.233 e. The van der Waals surface area contributed by atoms with Crippen LogP contribution in [-0.4, -0.2) is 29.4 Å². The van der Waals surface area contributed by atoms with E-state index < -0.39 is 0 Å². The Labute approximate surface area is 132 Å². The molecule has 1 amide bonds. The fraction of sp³-hybridized carbons (Fsp3) is 0.632. The summed E-state index contributed by atoms with van der Waals surface area (Å²) in [6.07, 6.45) is 8.90. The Balaban J connectivity index is 1.49. The average Bonchev–Trinajstić information content (AvgIpc) is 3.46. The third kappa shape index (κ3) is 2.56. The van der Waals surface area contributed by atoms with Gasteiger partial charge in [0, 0.05) is 18.6 Å². The lowest BCUT2D eigenvalue weighted by molar-refractivity contribution is -0.134. The Kier molecular flexibility index (Phi) is 3.30. The third-order valence-corrected chi connectivity index (χ3v) is 5.76. The minimum atomic E-state index is -0.199. The third-order valence-electron chi connectivity index (χ3n) is 5.76. The van der Waals surface area contributed by atoms with Gasteiger partial charge in [-0.2, -0.15) is 0 Å². The van der Waals surface area contributed by atoms with Gasteiger partial charge < -0.3 is 10.6 Å². The molecule has 2 saturated carbocycles. The zero-order valence-corrected chi connectivity index (χ0v) is 13.3. The molecule has 0 spiro atoms. The molecule has 0 bridgehead atoms. The van der Waals surface area contributed by atoms with E-state index in [-0.39, 0.29) is 11.0 Å². The molecule has 3 aliphatic rings. The topological polar surface area (TPSA) is 46.3 Å². The Morgan fingerprint density at radius 2 is 1.64 bits per heavy atom. The monoisotopic (exact) mass is 298 g/mol. The molecular formula is C19H26N2O. The molecule has 0 atom stereocenters. The molecule has 1 aliphatic heterocycles. The van der Waals surface area contributed by atoms with Gasteiger partial charge in [0.05, 0.1) is 5.41 Å². The highest BCUT2D eigenvalue weighted by atomic mass is 16.2. The Hall–Kier alpha value is -1.35. The van der Waals surface area contributed by atoms with Gasteiger partial charge in [0.2, 0.25) is 5.91 Å². The van der Waals surface area contributed by atoms with Crippen LogP contribution in [0.5, 0.6) is 0 Å². The molecule has 2 aliphatic carbocycles. The largest absolute Gasteiger partial charge is 0.342 e. The molecule has 1 heterocycles. The first-order chi connectivity index (χ1) is 10.6. The van der Waals surface area contributed by atoms with Crippen LogP contribution in [-0.2, 0) is 16.6 Å². The molecule has 0 aromatic heterocycles. The summed E-state index contributed by atoms with van der Waals surface area (Å²) in [4.78, 5) is 15.0. The molecule has 4 rings (SSSR count). The van der Waals surface area contributed by atoms with Crippen LogP contribution < -0.4 is 5.73 Å². The summed E-state index contributed by atoms with van der Waals surface area (Å²) < 4.78 is 0. The number of rotatable bonds is 4. The normalized spacial score (nSPS) is 24.9. The van der Waals surface area contributed by atoms with E-state index in [9.17, 15) is 4.79 Å². The molecule has 3 fully saturated rings. The van der Waals surface area contributed by atoms with Crippen molar-refractivity contribution in [1.29, 1.82) is 0 Å². The quantitative estimate of drug-likeness (QED) is 0.929. The fourth-order valence-corrected chi connectivity index (χ4v) is 3.84. The summed E-state index contributed by atoms with van der Waals surface area (Å²) in [5.74, 6) is 0.373. The number of nitrogens with zero attached hydrogens (tertiary/aromatic N) is 1. The lowest BCUT2D eigenvalue weighted by atomic mass is 9.91. The number of carbonyl (C=O) groups excluding carboxylic acids is 1. The number of hydrogen-bond donors (Lipinski definition) is 1. The van der Waals surface area contributed by atoms with Gasteiger partial charge in [0.1, 0.15) is 0 Å². The van der Waals surface area contributed by atoms with E-state index in [1.165, 1.54) is 30.4 Å². The first-order valence-corrected chi connectivity index (χ1v) is 8.79. The number of hydrogen-bond acceptors (Lipinski definition) is 2. The molecule has 0 unspecified atom stereocenters. The highest BCUT2D eigenvalue weighted by Crippen LogP contribution is 2.50. The summed E-state index contributed by atoms with van der Waals surface area (Å²) in [5, 5.41) is 0. The number of carbonyl (C=O) groups is 1. The number of nitrogens with two attached hydrogens (primary N) is 1. The lowest BCUT2D eigenvalue weighted by Gasteiger charge is -2.30. The van der Waals surface area contributed by atoms with E-state index in [0.29, 0.717) is 5.91 Å². The van der Waals surface area contributed by atoms with Crippen LogP contribution in [0.1, 0.15) is 56.1 Å². The summed E-state index contributed by atoms with van der Waals surface area (Å²) in [6, 6.07) is 8.73. The Morgan fingerprint density at radius 3 is 2.18 bits per heavy atom. The van der Waals surface area contributed by atoms with Crippen molar-refractivity contribution in [3.05, 3.63) is 35.4 Å². The minimum Gasteiger partial charge on any atom is -0.342 e. The van der Waals surface area contributed by atoms with Gasteiger partial charge in [-0.05, 0) is 62.5 Å². The Bertz CT molecular complexity index is 564. The molecule has 2 N–H and O–H groups in total. The fourth-order valence-electron chi connectivity index (χ4n) is 3.84. The van der Waals surface area contributed by atoms with E-state index in [0.717, 1.165) is 45.2 Å². The van der Waals surface area contributed by atoms with Gasteiger partial charge in [-0.25, -0.2) is 0 Å². The number of piperidine rings is 1. The van der Waals surface area contributed by atoms with Crippen molar-refractivity contribution in [1.82, 2.24) is 4.90 Å². The van der Waals surface area contributed by atoms with Crippen molar-refractivity contribution in [3.63, 3.8) is 0 Å². The second-order valence-corrected chi connectivity index (χ2v) is 7.67. The van der Waals surface area contributed by atoms with E-state index in [2.05, 4.69) is 29.2 Å². The van der Waals surface area contributed by atoms with Crippen LogP contribution in [0.25, 0.3) is 0 Å². The zero-order chi connectivity index (χ0) is 15.2. The van der Waals surface area contributed by atoms with Crippen LogP contribution in [0.15, 0.2) is 24.3 Å². The molecule has 3 heteroatoms. The van der Waals surface area contributed by atoms with Crippen molar-refractivity contribution in [2.45, 2.75) is 62.3 Å². The predicted molar refractivity (Wildman–Crippen MR) is 87.6 cm³/mol. The highest BCUT2D eigenvalue weighted by Gasteiger charge is 2.53. The van der Waals surface area contributed by atoms with Crippen LogP contribution in [0, 0.1) is 0 Å². The predicted octanol–water partition coefficient (Wildman–Crippen LogP) is 2.76. The first-order valence-electron chi connectivity index (χ1n) is 8.79. The van der Waals surface area contributed by atoms with Gasteiger partial charge >= 0.3 is 0 Å². The molecule has 3 nitrogen and oxygen atoms in total. The van der Waals surface area contributed by atoms with E-state index in [4.69, 9.17) is 5.73 Å². The highest BCUT2D eigenvalue weighted by molar-refractivity contribution is 5.91. The van der Waals surface area contributed by atoms with Crippen LogP contribution in [0.4, 0.5) is 0 Å². The SMILES string of the molecule is NC1(Cc2ccc(C3(C(=O)N4CCCCC4)CC3)cc2)CC1. The average molecular weight is 298 g/mol. The molecule has 0 radical (unpaired) electrons. The maximum atomic E-state index is 12.9. The zero-order valence-electron chi connectivity index (χ0n) is 13.3. The van der Waals surface area contributed by atoms with Crippen LogP contribution >= 0.6 is 0 Å². The van der Waals surface area contributed by atoms with E-state index in [1.54, 1.807) is 0 Å². The van der Waals surface area contributed by atoms with Crippen molar-refractivity contribution < 1.29 is 4.79 Å². The second-order valence-electron chi connectivity index (χ2n) is 7.67. The lowest BCUT2D eigenvalue weighted by Crippen LogP contribution is -2.42. The number of likely N-dealkylation sites (tertiary alicyclic amines) is 1. The molecular weight excluding hydrogens is 272 g/mol. The molecule has 1 saturated heterocycles. The minimum absolute atomic E-state index is 0.0579. The summed E-state index contributed by atoms with van der Waals surface area (Å²) >= 11 is 0. The van der Waals surface area contributed by atoms with Gasteiger partial charge in [0.15, 0.2) is 0 Å². The van der Waals surface area contributed by atoms with Crippen molar-refractivity contribution in [3.8, 4) is 0 Å². The molecule has 1 aromatic rings. The van der Waals surface area contributed by atoms with Gasteiger partial charge in [-0.15, -0.1) is 0 Å². The standard InChI is InChI=1S/C19H26N2O/c20-18(8-9-18)14-15-4-6-16(7-5-15)19(10-11-19)17(22)21-12-2-1-3-13-21/h4-7H,1-3,8-14,20H2. The summed E-state index contributed by atoms with van der Waals surface area (Å²) in [7, 11) is 0. The number of benzene rings is 1. The molecule has 118 valence electrons.